The first-order valence-corrected chi connectivity index (χ1v) is 11.5. The van der Waals surface area contributed by atoms with E-state index in [4.69, 9.17) is 4.74 Å². The Labute approximate surface area is 186 Å². The summed E-state index contributed by atoms with van der Waals surface area (Å²) < 4.78 is 5.47. The highest BCUT2D eigenvalue weighted by atomic mass is 16.6. The Morgan fingerprint density at radius 2 is 1.77 bits per heavy atom. The highest BCUT2D eigenvalue weighted by Crippen LogP contribution is 2.20. The van der Waals surface area contributed by atoms with Gasteiger partial charge in [-0.2, -0.15) is 0 Å². The second-order valence-electron chi connectivity index (χ2n) is 9.72. The first-order valence-electron chi connectivity index (χ1n) is 11.5. The maximum atomic E-state index is 12.8. The summed E-state index contributed by atoms with van der Waals surface area (Å²) in [7, 11) is 0. The lowest BCUT2D eigenvalue weighted by Crippen LogP contribution is -2.53. The monoisotopic (exact) mass is 430 g/mol. The summed E-state index contributed by atoms with van der Waals surface area (Å²) in [4.78, 5) is 31.6. The van der Waals surface area contributed by atoms with Crippen LogP contribution in [-0.4, -0.2) is 79.3 Å². The largest absolute Gasteiger partial charge is 0.444 e. The summed E-state index contributed by atoms with van der Waals surface area (Å²) in [5.41, 5.74) is 0.752. The van der Waals surface area contributed by atoms with Gasteiger partial charge in [-0.25, -0.2) is 4.79 Å². The van der Waals surface area contributed by atoms with E-state index in [1.54, 1.807) is 4.90 Å². The van der Waals surface area contributed by atoms with Gasteiger partial charge in [-0.15, -0.1) is 0 Å². The van der Waals surface area contributed by atoms with E-state index < -0.39 is 5.60 Å². The van der Waals surface area contributed by atoms with E-state index in [9.17, 15) is 9.59 Å². The van der Waals surface area contributed by atoms with Crippen molar-refractivity contribution in [1.82, 2.24) is 15.1 Å². The molecule has 0 spiro atoms. The van der Waals surface area contributed by atoms with Crippen molar-refractivity contribution in [3.05, 3.63) is 30.3 Å². The maximum Gasteiger partial charge on any atom is 0.410 e. The number of carbonyl (C=O) groups excluding carboxylic acids is 2. The zero-order chi connectivity index (χ0) is 22.4. The van der Waals surface area contributed by atoms with Gasteiger partial charge in [-0.3, -0.25) is 9.69 Å². The number of benzene rings is 1. The summed E-state index contributed by atoms with van der Waals surface area (Å²) in [5.74, 6) is -0.119. The third-order valence-electron chi connectivity index (χ3n) is 6.07. The van der Waals surface area contributed by atoms with Crippen molar-refractivity contribution in [2.45, 2.75) is 52.2 Å². The molecule has 2 unspecified atom stereocenters. The molecule has 2 aliphatic heterocycles. The normalized spacial score (nSPS) is 21.5. The molecule has 7 nitrogen and oxygen atoms in total. The molecule has 3 rings (SSSR count). The molecule has 0 saturated carbocycles. The van der Waals surface area contributed by atoms with E-state index >= 15 is 0 Å². The summed E-state index contributed by atoms with van der Waals surface area (Å²) >= 11 is 0. The van der Waals surface area contributed by atoms with E-state index in [1.807, 2.05) is 26.8 Å². The van der Waals surface area contributed by atoms with Gasteiger partial charge in [0.2, 0.25) is 5.91 Å². The van der Waals surface area contributed by atoms with Crippen LogP contribution < -0.4 is 10.2 Å². The van der Waals surface area contributed by atoms with Crippen LogP contribution in [0.25, 0.3) is 0 Å². The molecule has 7 heteroatoms. The molecule has 2 aliphatic rings. The number of rotatable bonds is 5. The lowest BCUT2D eigenvalue weighted by Gasteiger charge is -2.39. The van der Waals surface area contributed by atoms with Crippen LogP contribution in [0.2, 0.25) is 0 Å². The van der Waals surface area contributed by atoms with Crippen LogP contribution in [0.5, 0.6) is 0 Å². The molecule has 1 aromatic rings. The third kappa shape index (κ3) is 6.86. The number of ether oxygens (including phenoxy) is 1. The number of carbonyl (C=O) groups is 2. The smallest absolute Gasteiger partial charge is 0.410 e. The average molecular weight is 431 g/mol. The average Bonchev–Trinajstić information content (AvgIpc) is 2.77. The van der Waals surface area contributed by atoms with E-state index in [-0.39, 0.29) is 24.0 Å². The molecule has 0 aromatic heterocycles. The zero-order valence-electron chi connectivity index (χ0n) is 19.5. The van der Waals surface area contributed by atoms with Gasteiger partial charge in [-0.05, 0) is 52.7 Å². The molecule has 31 heavy (non-hydrogen) atoms. The molecule has 2 atom stereocenters. The van der Waals surface area contributed by atoms with Crippen LogP contribution in [0.15, 0.2) is 30.3 Å². The van der Waals surface area contributed by atoms with Gasteiger partial charge in [0.15, 0.2) is 0 Å². The molecule has 0 radical (unpaired) electrons. The van der Waals surface area contributed by atoms with Gasteiger partial charge < -0.3 is 19.9 Å². The third-order valence-corrected chi connectivity index (χ3v) is 6.07. The number of nitrogens with one attached hydrogen (secondary N) is 1. The minimum absolute atomic E-state index is 0.0445. The van der Waals surface area contributed by atoms with Gasteiger partial charge in [-0.1, -0.05) is 18.2 Å². The summed E-state index contributed by atoms with van der Waals surface area (Å²) in [6, 6.07) is 10.8. The van der Waals surface area contributed by atoms with Crippen molar-refractivity contribution in [3.8, 4) is 0 Å². The van der Waals surface area contributed by atoms with Crippen LogP contribution in [0.1, 0.15) is 40.5 Å². The van der Waals surface area contributed by atoms with Crippen LogP contribution in [0.3, 0.4) is 0 Å². The van der Waals surface area contributed by atoms with Gasteiger partial charge in [0, 0.05) is 57.5 Å². The van der Waals surface area contributed by atoms with Crippen molar-refractivity contribution >= 4 is 17.7 Å². The number of piperidine rings is 1. The molecule has 2 fully saturated rings. The van der Waals surface area contributed by atoms with Crippen molar-refractivity contribution in [1.29, 1.82) is 0 Å². The van der Waals surface area contributed by atoms with Crippen LogP contribution in [0.4, 0.5) is 10.5 Å². The fraction of sp³-hybridized carbons (Fsp3) is 0.667. The molecular weight excluding hydrogens is 392 g/mol. The first kappa shape index (κ1) is 23.4. The molecule has 0 aliphatic carbocycles. The number of amides is 2. The molecule has 1 aromatic carbocycles. The highest BCUT2D eigenvalue weighted by molar-refractivity contribution is 5.80. The Balaban J connectivity index is 1.41. The van der Waals surface area contributed by atoms with Gasteiger partial charge >= 0.3 is 6.09 Å². The Bertz CT molecular complexity index is 726. The second-order valence-corrected chi connectivity index (χ2v) is 9.72. The topological polar surface area (TPSA) is 65.1 Å². The molecule has 2 heterocycles. The number of para-hydroxylation sites is 1. The first-order chi connectivity index (χ1) is 14.7. The Morgan fingerprint density at radius 3 is 2.42 bits per heavy atom. The van der Waals surface area contributed by atoms with Crippen LogP contribution >= 0.6 is 0 Å². The zero-order valence-corrected chi connectivity index (χ0v) is 19.5. The number of anilines is 1. The van der Waals surface area contributed by atoms with Crippen molar-refractivity contribution in [2.75, 3.05) is 50.7 Å². The predicted molar refractivity (Wildman–Crippen MR) is 123 cm³/mol. The van der Waals surface area contributed by atoms with Crippen molar-refractivity contribution in [3.63, 3.8) is 0 Å². The number of hydrogen-bond donors (Lipinski definition) is 1. The summed E-state index contributed by atoms with van der Waals surface area (Å²) in [6.07, 6.45) is 1.32. The highest BCUT2D eigenvalue weighted by Gasteiger charge is 2.31. The molecule has 1 N–H and O–H groups in total. The van der Waals surface area contributed by atoms with Gasteiger partial charge in [0.05, 0.1) is 5.92 Å². The van der Waals surface area contributed by atoms with E-state index in [0.29, 0.717) is 19.6 Å². The minimum Gasteiger partial charge on any atom is -0.444 e. The Hall–Kier alpha value is -2.28. The minimum atomic E-state index is -0.522. The standard InChI is InChI=1S/C24H38N4O3/c1-19(26-13-15-27(16-14-26)21-10-6-5-7-11-21)17-25-22(29)20-9-8-12-28(18-20)23(30)31-24(2,3)4/h5-7,10-11,19-20H,8-9,12-18H2,1-4H3,(H,25,29). The maximum absolute atomic E-state index is 12.8. The molecule has 2 amide bonds. The fourth-order valence-corrected chi connectivity index (χ4v) is 4.26. The van der Waals surface area contributed by atoms with Gasteiger partial charge in [0.25, 0.3) is 0 Å². The van der Waals surface area contributed by atoms with Crippen molar-refractivity contribution in [2.24, 2.45) is 5.92 Å². The number of hydrogen-bond acceptors (Lipinski definition) is 5. The molecule has 2 saturated heterocycles. The van der Waals surface area contributed by atoms with E-state index in [2.05, 4.69) is 46.3 Å². The predicted octanol–water partition coefficient (Wildman–Crippen LogP) is 2.96. The summed E-state index contributed by atoms with van der Waals surface area (Å²) in [6.45, 7) is 13.4. The van der Waals surface area contributed by atoms with Crippen LogP contribution in [-0.2, 0) is 9.53 Å². The van der Waals surface area contributed by atoms with Crippen molar-refractivity contribution < 1.29 is 14.3 Å². The number of likely N-dealkylation sites (tertiary alicyclic amines) is 1. The Morgan fingerprint density at radius 1 is 1.10 bits per heavy atom. The van der Waals surface area contributed by atoms with E-state index in [0.717, 1.165) is 39.0 Å². The number of piperazine rings is 1. The van der Waals surface area contributed by atoms with Crippen LogP contribution in [0, 0.1) is 5.92 Å². The molecule has 172 valence electrons. The van der Waals surface area contributed by atoms with E-state index in [1.165, 1.54) is 5.69 Å². The summed E-state index contributed by atoms with van der Waals surface area (Å²) in [5, 5.41) is 3.13. The Kier molecular flexibility index (Phi) is 7.81. The fourth-order valence-electron chi connectivity index (χ4n) is 4.26. The lowest BCUT2D eigenvalue weighted by atomic mass is 9.97. The SMILES string of the molecule is CC(CNC(=O)C1CCCN(C(=O)OC(C)(C)C)C1)N1CCN(c2ccccc2)CC1. The second kappa shape index (κ2) is 10.4. The molecular formula is C24H38N4O3. The van der Waals surface area contributed by atoms with Gasteiger partial charge in [0.1, 0.15) is 5.60 Å². The molecule has 0 bridgehead atoms. The quantitative estimate of drug-likeness (QED) is 0.778. The number of nitrogens with zero attached hydrogens (tertiary/aromatic N) is 3. The lowest BCUT2D eigenvalue weighted by molar-refractivity contribution is -0.126.